The fourth-order valence-corrected chi connectivity index (χ4v) is 5.22. The molecule has 0 spiro atoms. The van der Waals surface area contributed by atoms with Crippen LogP contribution in [0.25, 0.3) is 6.08 Å². The van der Waals surface area contributed by atoms with E-state index in [1.165, 1.54) is 11.3 Å². The molecule has 0 saturated carbocycles. The van der Waals surface area contributed by atoms with Gasteiger partial charge in [0.15, 0.2) is 16.3 Å². The molecule has 0 fully saturated rings. The van der Waals surface area contributed by atoms with Crippen molar-refractivity contribution in [3.63, 3.8) is 0 Å². The van der Waals surface area contributed by atoms with Gasteiger partial charge in [-0.2, -0.15) is 0 Å². The number of fused-ring (bicyclic) bond motifs is 2. The summed E-state index contributed by atoms with van der Waals surface area (Å²) >= 11 is 4.73. The molecular weight excluding hydrogens is 508 g/mol. The lowest BCUT2D eigenvalue weighted by molar-refractivity contribution is -0.139. The Labute approximate surface area is 201 Å². The van der Waals surface area contributed by atoms with E-state index in [4.69, 9.17) is 14.2 Å². The lowest BCUT2D eigenvalue weighted by Crippen LogP contribution is -2.39. The first-order valence-electron chi connectivity index (χ1n) is 10.3. The molecule has 2 aliphatic rings. The van der Waals surface area contributed by atoms with E-state index in [9.17, 15) is 9.59 Å². The summed E-state index contributed by atoms with van der Waals surface area (Å²) in [5, 5.41) is 0. The minimum Gasteiger partial charge on any atom is -0.463 e. The van der Waals surface area contributed by atoms with Gasteiger partial charge in [-0.3, -0.25) is 9.36 Å². The molecule has 0 saturated heterocycles. The Morgan fingerprint density at radius 2 is 2.00 bits per heavy atom. The molecule has 0 amide bonds. The van der Waals surface area contributed by atoms with Gasteiger partial charge in [0.25, 0.3) is 5.56 Å². The second kappa shape index (κ2) is 8.64. The molecule has 7 nitrogen and oxygen atoms in total. The smallest absolute Gasteiger partial charge is 0.338 e. The maximum Gasteiger partial charge on any atom is 0.338 e. The fraction of sp³-hybridized carbons (Fsp3) is 0.208. The Balaban J connectivity index is 1.69. The van der Waals surface area contributed by atoms with Crippen LogP contribution in [0.3, 0.4) is 0 Å². The zero-order chi connectivity index (χ0) is 23.1. The van der Waals surface area contributed by atoms with Crippen LogP contribution in [0, 0.1) is 0 Å². The molecule has 3 heterocycles. The van der Waals surface area contributed by atoms with Crippen LogP contribution in [0.2, 0.25) is 0 Å². The van der Waals surface area contributed by atoms with Crippen LogP contribution >= 0.6 is 27.3 Å². The Bertz CT molecular complexity index is 1470. The number of hydrogen-bond acceptors (Lipinski definition) is 7. The van der Waals surface area contributed by atoms with Crippen molar-refractivity contribution in [2.45, 2.75) is 19.9 Å². The number of benzene rings is 2. The largest absolute Gasteiger partial charge is 0.463 e. The van der Waals surface area contributed by atoms with Gasteiger partial charge in [0.05, 0.1) is 28.5 Å². The highest BCUT2D eigenvalue weighted by Gasteiger charge is 2.33. The molecule has 2 aromatic carbocycles. The summed E-state index contributed by atoms with van der Waals surface area (Å²) in [6.07, 6.45) is 1.80. The predicted octanol–water partition coefficient (Wildman–Crippen LogP) is 3.29. The number of halogens is 1. The number of hydrogen-bond donors (Lipinski definition) is 0. The lowest BCUT2D eigenvalue weighted by Gasteiger charge is -2.24. The molecule has 33 heavy (non-hydrogen) atoms. The van der Waals surface area contributed by atoms with Crippen LogP contribution in [0.1, 0.15) is 31.0 Å². The van der Waals surface area contributed by atoms with Crippen LogP contribution in [0.15, 0.2) is 68.0 Å². The van der Waals surface area contributed by atoms with Gasteiger partial charge in [-0.1, -0.05) is 45.5 Å². The zero-order valence-electron chi connectivity index (χ0n) is 17.8. The summed E-state index contributed by atoms with van der Waals surface area (Å²) < 4.78 is 19.1. The number of aromatic nitrogens is 1. The predicted molar refractivity (Wildman–Crippen MR) is 127 cm³/mol. The van der Waals surface area contributed by atoms with Crippen molar-refractivity contribution in [1.29, 1.82) is 0 Å². The molecule has 1 aromatic heterocycles. The van der Waals surface area contributed by atoms with Gasteiger partial charge in [-0.15, -0.1) is 0 Å². The molecule has 0 bridgehead atoms. The van der Waals surface area contributed by atoms with Crippen LogP contribution < -0.4 is 24.4 Å². The number of rotatable bonds is 4. The number of thiazole rings is 1. The van der Waals surface area contributed by atoms with Gasteiger partial charge in [0.1, 0.15) is 0 Å². The molecule has 0 aliphatic carbocycles. The van der Waals surface area contributed by atoms with Crippen molar-refractivity contribution in [3.05, 3.63) is 89.0 Å². The van der Waals surface area contributed by atoms with Gasteiger partial charge in [-0.25, -0.2) is 9.79 Å². The van der Waals surface area contributed by atoms with Gasteiger partial charge < -0.3 is 14.2 Å². The van der Waals surface area contributed by atoms with E-state index in [2.05, 4.69) is 20.9 Å². The number of carbonyl (C=O) groups excluding carboxylic acids is 1. The Hall–Kier alpha value is -3.17. The monoisotopic (exact) mass is 526 g/mol. The molecule has 0 N–H and O–H groups in total. The maximum absolute atomic E-state index is 13.6. The molecule has 1 atom stereocenters. The second-order valence-corrected chi connectivity index (χ2v) is 9.39. The topological polar surface area (TPSA) is 79.1 Å². The van der Waals surface area contributed by atoms with Crippen molar-refractivity contribution in [3.8, 4) is 11.5 Å². The van der Waals surface area contributed by atoms with E-state index >= 15 is 0 Å². The molecule has 5 rings (SSSR count). The van der Waals surface area contributed by atoms with Crippen LogP contribution in [0.5, 0.6) is 11.5 Å². The molecular formula is C24H19BrN2O5S. The van der Waals surface area contributed by atoms with Gasteiger partial charge in [-0.05, 0) is 55.3 Å². The summed E-state index contributed by atoms with van der Waals surface area (Å²) in [7, 11) is 0. The van der Waals surface area contributed by atoms with E-state index in [0.29, 0.717) is 32.1 Å². The number of esters is 1. The summed E-state index contributed by atoms with van der Waals surface area (Å²) in [5.74, 6) is 0.847. The van der Waals surface area contributed by atoms with E-state index in [1.807, 2.05) is 42.5 Å². The first kappa shape index (κ1) is 21.7. The maximum atomic E-state index is 13.6. The summed E-state index contributed by atoms with van der Waals surface area (Å²) in [5.41, 5.74) is 2.29. The van der Waals surface area contributed by atoms with Gasteiger partial charge in [0.2, 0.25) is 6.79 Å². The van der Waals surface area contributed by atoms with Gasteiger partial charge in [0, 0.05) is 4.47 Å². The number of allylic oxidation sites excluding steroid dienone is 1. The first-order chi connectivity index (χ1) is 16.0. The van der Waals surface area contributed by atoms with Crippen molar-refractivity contribution < 1.29 is 19.0 Å². The molecule has 168 valence electrons. The summed E-state index contributed by atoms with van der Waals surface area (Å²) in [6.45, 7) is 3.94. The molecule has 0 radical (unpaired) electrons. The van der Waals surface area contributed by atoms with Crippen molar-refractivity contribution in [2.75, 3.05) is 13.4 Å². The normalized spacial score (nSPS) is 17.1. The Morgan fingerprint density at radius 3 is 2.76 bits per heavy atom. The van der Waals surface area contributed by atoms with E-state index in [-0.39, 0.29) is 19.0 Å². The Morgan fingerprint density at radius 1 is 1.24 bits per heavy atom. The highest BCUT2D eigenvalue weighted by atomic mass is 79.9. The minimum atomic E-state index is -0.632. The molecule has 1 unspecified atom stereocenters. The van der Waals surface area contributed by atoms with E-state index in [1.54, 1.807) is 24.5 Å². The van der Waals surface area contributed by atoms with Crippen LogP contribution in [0.4, 0.5) is 0 Å². The van der Waals surface area contributed by atoms with Gasteiger partial charge >= 0.3 is 5.97 Å². The lowest BCUT2D eigenvalue weighted by atomic mass is 9.96. The van der Waals surface area contributed by atoms with Crippen molar-refractivity contribution >= 4 is 39.3 Å². The standard InChI is InChI=1S/C24H19BrN2O5S/c1-3-30-23(29)20-13(2)26-24-27(21(20)15-5-7-16(25)8-6-15)22(28)19(33-24)11-14-4-9-17-18(10-14)32-12-31-17/h4-11,21H,3,12H2,1-2H3/b19-11+. The second-order valence-electron chi connectivity index (χ2n) is 7.47. The highest BCUT2D eigenvalue weighted by Crippen LogP contribution is 2.33. The summed E-state index contributed by atoms with van der Waals surface area (Å²) in [6, 6.07) is 12.4. The fourth-order valence-electron chi connectivity index (χ4n) is 3.91. The molecule has 2 aliphatic heterocycles. The summed E-state index contributed by atoms with van der Waals surface area (Å²) in [4.78, 5) is 31.6. The highest BCUT2D eigenvalue weighted by molar-refractivity contribution is 9.10. The van der Waals surface area contributed by atoms with Crippen molar-refractivity contribution in [1.82, 2.24) is 4.57 Å². The number of ether oxygens (including phenoxy) is 3. The minimum absolute atomic E-state index is 0.185. The van der Waals surface area contributed by atoms with E-state index in [0.717, 1.165) is 15.6 Å². The van der Waals surface area contributed by atoms with E-state index < -0.39 is 12.0 Å². The third-order valence-electron chi connectivity index (χ3n) is 5.40. The molecule has 3 aromatic rings. The van der Waals surface area contributed by atoms with Crippen molar-refractivity contribution in [2.24, 2.45) is 4.99 Å². The Kier molecular flexibility index (Phi) is 5.67. The number of nitrogens with zero attached hydrogens (tertiary/aromatic N) is 2. The third-order valence-corrected chi connectivity index (χ3v) is 6.91. The van der Waals surface area contributed by atoms with Crippen LogP contribution in [-0.2, 0) is 9.53 Å². The average Bonchev–Trinajstić information content (AvgIpc) is 3.37. The SMILES string of the molecule is CCOC(=O)C1=C(C)N=c2s/c(=C/c3ccc4c(c3)OCO4)c(=O)n2C1c1ccc(Br)cc1. The average molecular weight is 527 g/mol. The quantitative estimate of drug-likeness (QED) is 0.487. The number of carbonyl (C=O) groups is 1. The third kappa shape index (κ3) is 3.91. The van der Waals surface area contributed by atoms with Crippen LogP contribution in [-0.4, -0.2) is 23.9 Å². The zero-order valence-corrected chi connectivity index (χ0v) is 20.2. The molecule has 9 heteroatoms. The first-order valence-corrected chi connectivity index (χ1v) is 11.9.